The van der Waals surface area contributed by atoms with Gasteiger partial charge >= 0.3 is 5.97 Å². The standard InChI is InChI=1S/C29H32N2O6S/c1-3-9-20-25(12-7-13-26(20)37-27-11-6-5-10-21(27)29(33)34)35-14-8-15-36-28-17-24(32)22(16-19(28)4-2)23(18-30)31-38/h5-7,10-13,16-18,30,32,38H,3-4,8-9,14-15H2,1-2H3,(H,33,34)/b30-18?,31-23+. The van der Waals surface area contributed by atoms with Crippen molar-refractivity contribution < 1.29 is 29.2 Å². The first kappa shape index (κ1) is 28.6. The molecule has 0 saturated heterocycles. The summed E-state index contributed by atoms with van der Waals surface area (Å²) in [5, 5.41) is 27.3. The van der Waals surface area contributed by atoms with Crippen molar-refractivity contribution in [1.29, 1.82) is 5.41 Å². The van der Waals surface area contributed by atoms with Gasteiger partial charge in [0.1, 0.15) is 34.3 Å². The molecule has 0 heterocycles. The number of thiol groups is 1. The number of phenols is 1. The van der Waals surface area contributed by atoms with Gasteiger partial charge in [0.05, 0.1) is 18.9 Å². The first-order valence-corrected chi connectivity index (χ1v) is 12.8. The number of aryl methyl sites for hydroxylation is 1. The van der Waals surface area contributed by atoms with Gasteiger partial charge in [-0.1, -0.05) is 38.5 Å². The van der Waals surface area contributed by atoms with Crippen LogP contribution in [0.3, 0.4) is 0 Å². The Bertz CT molecular complexity index is 1310. The zero-order chi connectivity index (χ0) is 27.5. The molecule has 8 nitrogen and oxygen atoms in total. The number of carboxylic acids is 1. The van der Waals surface area contributed by atoms with Gasteiger partial charge in [0.15, 0.2) is 0 Å². The summed E-state index contributed by atoms with van der Waals surface area (Å²) in [6.07, 6.45) is 3.87. The van der Waals surface area contributed by atoms with E-state index in [-0.39, 0.29) is 22.8 Å². The number of rotatable bonds is 14. The molecule has 3 rings (SSSR count). The Balaban J connectivity index is 1.66. The van der Waals surface area contributed by atoms with Gasteiger partial charge in [-0.3, -0.25) is 0 Å². The van der Waals surface area contributed by atoms with Gasteiger partial charge in [-0.05, 0) is 61.6 Å². The van der Waals surface area contributed by atoms with E-state index in [0.29, 0.717) is 55.3 Å². The van der Waals surface area contributed by atoms with Crippen LogP contribution in [0.25, 0.3) is 0 Å². The van der Waals surface area contributed by atoms with E-state index in [4.69, 9.17) is 19.6 Å². The molecule has 200 valence electrons. The summed E-state index contributed by atoms with van der Waals surface area (Å²) >= 11 is 3.87. The summed E-state index contributed by atoms with van der Waals surface area (Å²) in [4.78, 5) is 11.6. The van der Waals surface area contributed by atoms with Crippen LogP contribution in [0.2, 0.25) is 0 Å². The van der Waals surface area contributed by atoms with Crippen molar-refractivity contribution in [1.82, 2.24) is 0 Å². The van der Waals surface area contributed by atoms with Crippen molar-refractivity contribution in [3.05, 3.63) is 76.9 Å². The third-order valence-electron chi connectivity index (χ3n) is 5.81. The Morgan fingerprint density at radius 3 is 2.32 bits per heavy atom. The third kappa shape index (κ3) is 7.07. The zero-order valence-electron chi connectivity index (χ0n) is 21.4. The summed E-state index contributed by atoms with van der Waals surface area (Å²) in [6.45, 7) is 4.79. The number of hydrogen-bond donors (Lipinski definition) is 4. The number of ether oxygens (including phenoxy) is 3. The monoisotopic (exact) mass is 536 g/mol. The summed E-state index contributed by atoms with van der Waals surface area (Å²) in [5.74, 6) is 0.998. The van der Waals surface area contributed by atoms with E-state index >= 15 is 0 Å². The smallest absolute Gasteiger partial charge is 0.339 e. The van der Waals surface area contributed by atoms with E-state index in [9.17, 15) is 15.0 Å². The van der Waals surface area contributed by atoms with Crippen LogP contribution in [0.5, 0.6) is 28.7 Å². The van der Waals surface area contributed by atoms with Crippen molar-refractivity contribution in [2.45, 2.75) is 39.5 Å². The second-order valence-corrected chi connectivity index (χ2v) is 8.60. The van der Waals surface area contributed by atoms with Crippen LogP contribution < -0.4 is 14.2 Å². The van der Waals surface area contributed by atoms with Gasteiger partial charge < -0.3 is 29.8 Å². The minimum Gasteiger partial charge on any atom is -0.507 e. The predicted molar refractivity (Wildman–Crippen MR) is 151 cm³/mol. The fraction of sp³-hybridized carbons (Fsp3) is 0.276. The molecule has 0 aliphatic heterocycles. The molecule has 0 radical (unpaired) electrons. The van der Waals surface area contributed by atoms with Crippen molar-refractivity contribution >= 4 is 30.7 Å². The molecule has 0 aliphatic rings. The van der Waals surface area contributed by atoms with E-state index in [2.05, 4.69) is 24.1 Å². The van der Waals surface area contributed by atoms with E-state index in [0.717, 1.165) is 23.8 Å². The molecule has 9 heteroatoms. The molecule has 0 bridgehead atoms. The molecule has 0 atom stereocenters. The Labute approximate surface area is 228 Å². The molecule has 3 aromatic carbocycles. The van der Waals surface area contributed by atoms with Crippen molar-refractivity contribution in [3.63, 3.8) is 0 Å². The molecular formula is C29H32N2O6S. The highest BCUT2D eigenvalue weighted by Crippen LogP contribution is 2.35. The number of carboxylic acid groups (broad SMARTS) is 1. The Morgan fingerprint density at radius 1 is 0.974 bits per heavy atom. The summed E-state index contributed by atoms with van der Waals surface area (Å²) in [5.41, 5.74) is 2.54. The van der Waals surface area contributed by atoms with Gasteiger partial charge in [-0.15, -0.1) is 0 Å². The van der Waals surface area contributed by atoms with E-state index in [1.807, 2.05) is 25.1 Å². The highest BCUT2D eigenvalue weighted by atomic mass is 32.1. The summed E-state index contributed by atoms with van der Waals surface area (Å²) in [6, 6.07) is 15.3. The fourth-order valence-electron chi connectivity index (χ4n) is 3.94. The number of benzene rings is 3. The number of aromatic carboxylic acids is 1. The topological polar surface area (TPSA) is 121 Å². The van der Waals surface area contributed by atoms with Gasteiger partial charge in [0.2, 0.25) is 0 Å². The highest BCUT2D eigenvalue weighted by molar-refractivity contribution is 7.79. The molecule has 0 fully saturated rings. The molecule has 0 amide bonds. The number of carbonyl (C=O) groups is 1. The summed E-state index contributed by atoms with van der Waals surface area (Å²) < 4.78 is 21.8. The highest BCUT2D eigenvalue weighted by Gasteiger charge is 2.16. The Hall–Kier alpha value is -3.98. The molecule has 0 aromatic heterocycles. The van der Waals surface area contributed by atoms with Crippen molar-refractivity contribution in [2.75, 3.05) is 13.2 Å². The molecule has 0 aliphatic carbocycles. The summed E-state index contributed by atoms with van der Waals surface area (Å²) in [7, 11) is 0. The number of nitrogens with one attached hydrogen (secondary N) is 1. The van der Waals surface area contributed by atoms with Gasteiger partial charge in [-0.25, -0.2) is 9.19 Å². The minimum atomic E-state index is -1.05. The van der Waals surface area contributed by atoms with Crippen LogP contribution in [0, 0.1) is 5.41 Å². The first-order valence-electron chi connectivity index (χ1n) is 12.4. The zero-order valence-corrected chi connectivity index (χ0v) is 22.3. The number of hydrogen-bond acceptors (Lipinski definition) is 8. The maximum Gasteiger partial charge on any atom is 0.339 e. The SMILES string of the molecule is CCCc1c(OCCCOc2cc(O)c(/C(C=N)=N/S)cc2CC)cccc1Oc1ccccc1C(=O)O. The van der Waals surface area contributed by atoms with Crippen LogP contribution in [-0.2, 0) is 12.8 Å². The second-order valence-electron chi connectivity index (χ2n) is 8.40. The lowest BCUT2D eigenvalue weighted by molar-refractivity contribution is 0.0694. The predicted octanol–water partition coefficient (Wildman–Crippen LogP) is 6.53. The molecular weight excluding hydrogens is 504 g/mol. The maximum absolute atomic E-state index is 11.6. The molecule has 3 aromatic rings. The second kappa shape index (κ2) is 14.1. The largest absolute Gasteiger partial charge is 0.507 e. The lowest BCUT2D eigenvalue weighted by Gasteiger charge is -2.17. The van der Waals surface area contributed by atoms with Crippen LogP contribution in [0.15, 0.2) is 59.0 Å². The number of nitrogens with zero attached hydrogens (tertiary/aromatic N) is 1. The lowest BCUT2D eigenvalue weighted by Crippen LogP contribution is -2.09. The quantitative estimate of drug-likeness (QED) is 0.106. The molecule has 0 unspecified atom stereocenters. The van der Waals surface area contributed by atoms with Crippen LogP contribution >= 0.6 is 12.8 Å². The average molecular weight is 537 g/mol. The minimum absolute atomic E-state index is 0.0322. The fourth-order valence-corrected chi connectivity index (χ4v) is 4.10. The number of phenolic OH excluding ortho intramolecular Hbond substituents is 1. The average Bonchev–Trinajstić information content (AvgIpc) is 2.92. The van der Waals surface area contributed by atoms with Crippen molar-refractivity contribution in [2.24, 2.45) is 4.40 Å². The number of aromatic hydroxyl groups is 1. The normalized spacial score (nSPS) is 11.2. The molecule has 3 N–H and O–H groups in total. The molecule has 0 spiro atoms. The van der Waals surface area contributed by atoms with E-state index in [1.54, 1.807) is 24.3 Å². The van der Waals surface area contributed by atoms with Crippen LogP contribution in [-0.4, -0.2) is 41.3 Å². The maximum atomic E-state index is 11.6. The number of para-hydroxylation sites is 1. The first-order chi connectivity index (χ1) is 18.4. The van der Waals surface area contributed by atoms with Gasteiger partial charge in [0, 0.05) is 29.8 Å². The van der Waals surface area contributed by atoms with E-state index in [1.165, 1.54) is 12.1 Å². The Kier molecular flexibility index (Phi) is 10.6. The third-order valence-corrected chi connectivity index (χ3v) is 6.03. The Morgan fingerprint density at radius 2 is 1.66 bits per heavy atom. The lowest BCUT2D eigenvalue weighted by atomic mass is 10.0. The molecule has 38 heavy (non-hydrogen) atoms. The van der Waals surface area contributed by atoms with Crippen LogP contribution in [0.4, 0.5) is 0 Å². The molecule has 0 saturated carbocycles. The van der Waals surface area contributed by atoms with Gasteiger partial charge in [0.25, 0.3) is 0 Å². The van der Waals surface area contributed by atoms with Crippen LogP contribution in [0.1, 0.15) is 53.7 Å². The van der Waals surface area contributed by atoms with E-state index < -0.39 is 5.97 Å². The van der Waals surface area contributed by atoms with Crippen molar-refractivity contribution in [3.8, 4) is 28.7 Å². The van der Waals surface area contributed by atoms with Gasteiger partial charge in [-0.2, -0.15) is 0 Å².